The topological polar surface area (TPSA) is 33.6 Å². The van der Waals surface area contributed by atoms with Crippen molar-refractivity contribution in [1.29, 1.82) is 0 Å². The zero-order valence-electron chi connectivity index (χ0n) is 9.98. The standard InChI is InChI=1S/C12H20N2OS/c1-7(2)11-6-13-12(16-11)14-9-5-8-3-4-10(9)15-8/h7-11H,3-6H2,1-2H3,(H,13,14). The molecule has 0 aromatic carbocycles. The van der Waals surface area contributed by atoms with E-state index in [2.05, 4.69) is 24.2 Å². The van der Waals surface area contributed by atoms with Gasteiger partial charge >= 0.3 is 0 Å². The fourth-order valence-electron chi connectivity index (χ4n) is 2.77. The molecule has 2 saturated heterocycles. The first-order valence-corrected chi connectivity index (χ1v) is 7.23. The Kier molecular flexibility index (Phi) is 2.88. The SMILES string of the molecule is CC(C)C1CN=C(NC2CC3CCC2O3)S1. The number of amidine groups is 1. The van der Waals surface area contributed by atoms with Gasteiger partial charge < -0.3 is 10.1 Å². The van der Waals surface area contributed by atoms with Crippen LogP contribution < -0.4 is 5.32 Å². The van der Waals surface area contributed by atoms with Crippen molar-refractivity contribution in [2.24, 2.45) is 10.9 Å². The number of hydrogen-bond acceptors (Lipinski definition) is 4. The first-order chi connectivity index (χ1) is 7.72. The van der Waals surface area contributed by atoms with E-state index in [1.165, 1.54) is 19.3 Å². The van der Waals surface area contributed by atoms with Gasteiger partial charge in [0.15, 0.2) is 5.17 Å². The van der Waals surface area contributed by atoms with Crippen molar-refractivity contribution < 1.29 is 4.74 Å². The summed E-state index contributed by atoms with van der Waals surface area (Å²) in [5.41, 5.74) is 0. The molecule has 3 aliphatic rings. The fourth-order valence-corrected chi connectivity index (χ4v) is 3.84. The number of aliphatic imine (C=N–C) groups is 1. The van der Waals surface area contributed by atoms with Gasteiger partial charge in [0.25, 0.3) is 0 Å². The molecule has 3 rings (SSSR count). The largest absolute Gasteiger partial charge is 0.373 e. The third kappa shape index (κ3) is 1.97. The van der Waals surface area contributed by atoms with Crippen LogP contribution >= 0.6 is 11.8 Å². The van der Waals surface area contributed by atoms with E-state index in [0.717, 1.165) is 11.7 Å². The highest BCUT2D eigenvalue weighted by Gasteiger charge is 2.41. The lowest BCUT2D eigenvalue weighted by atomic mass is 9.96. The van der Waals surface area contributed by atoms with E-state index in [-0.39, 0.29) is 0 Å². The number of fused-ring (bicyclic) bond motifs is 2. The van der Waals surface area contributed by atoms with E-state index >= 15 is 0 Å². The summed E-state index contributed by atoms with van der Waals surface area (Å²) in [5.74, 6) is 0.712. The summed E-state index contributed by atoms with van der Waals surface area (Å²) < 4.78 is 5.84. The third-order valence-corrected chi connectivity index (χ3v) is 5.30. The monoisotopic (exact) mass is 240 g/mol. The lowest BCUT2D eigenvalue weighted by Crippen LogP contribution is -2.39. The van der Waals surface area contributed by atoms with Crippen LogP contribution in [0.25, 0.3) is 0 Å². The molecule has 1 N–H and O–H groups in total. The average molecular weight is 240 g/mol. The molecular formula is C12H20N2OS. The molecule has 0 amide bonds. The van der Waals surface area contributed by atoms with E-state index in [1.807, 2.05) is 11.8 Å². The normalized spacial score (nSPS) is 41.8. The second-order valence-corrected chi connectivity index (χ2v) is 6.63. The van der Waals surface area contributed by atoms with Gasteiger partial charge in [-0.2, -0.15) is 0 Å². The zero-order chi connectivity index (χ0) is 11.1. The summed E-state index contributed by atoms with van der Waals surface area (Å²) in [4.78, 5) is 4.60. The molecule has 3 aliphatic heterocycles. The molecule has 3 heterocycles. The molecule has 4 atom stereocenters. The molecule has 0 spiro atoms. The van der Waals surface area contributed by atoms with Crippen molar-refractivity contribution in [3.8, 4) is 0 Å². The predicted molar refractivity (Wildman–Crippen MR) is 68.0 cm³/mol. The Morgan fingerprint density at radius 3 is 2.88 bits per heavy atom. The van der Waals surface area contributed by atoms with Crippen LogP contribution in [0.5, 0.6) is 0 Å². The fraction of sp³-hybridized carbons (Fsp3) is 0.917. The van der Waals surface area contributed by atoms with Crippen LogP contribution in [0.3, 0.4) is 0 Å². The number of ether oxygens (including phenoxy) is 1. The Morgan fingerprint density at radius 1 is 1.44 bits per heavy atom. The third-order valence-electron chi connectivity index (χ3n) is 3.84. The van der Waals surface area contributed by atoms with E-state index in [9.17, 15) is 0 Å². The molecule has 0 aliphatic carbocycles. The Bertz CT molecular complexity index is 305. The van der Waals surface area contributed by atoms with Crippen LogP contribution in [0.15, 0.2) is 4.99 Å². The molecule has 0 aromatic rings. The lowest BCUT2D eigenvalue weighted by Gasteiger charge is -2.21. The molecule has 90 valence electrons. The van der Waals surface area contributed by atoms with Crippen molar-refractivity contribution in [2.45, 2.75) is 56.6 Å². The minimum Gasteiger partial charge on any atom is -0.373 e. The maximum atomic E-state index is 5.84. The number of rotatable bonds is 2. The van der Waals surface area contributed by atoms with Crippen molar-refractivity contribution in [3.05, 3.63) is 0 Å². The van der Waals surface area contributed by atoms with Gasteiger partial charge in [-0.3, -0.25) is 4.99 Å². The van der Waals surface area contributed by atoms with Gasteiger partial charge in [-0.15, -0.1) is 0 Å². The number of hydrogen-bond donors (Lipinski definition) is 1. The molecular weight excluding hydrogens is 220 g/mol. The minimum atomic E-state index is 0.450. The van der Waals surface area contributed by atoms with E-state index in [0.29, 0.717) is 29.4 Å². The number of thioether (sulfide) groups is 1. The Hall–Kier alpha value is -0.220. The van der Waals surface area contributed by atoms with Gasteiger partial charge in [0, 0.05) is 5.25 Å². The summed E-state index contributed by atoms with van der Waals surface area (Å²) in [6.07, 6.45) is 4.64. The van der Waals surface area contributed by atoms with E-state index in [1.54, 1.807) is 0 Å². The predicted octanol–water partition coefficient (Wildman–Crippen LogP) is 2.02. The number of nitrogens with zero attached hydrogens (tertiary/aromatic N) is 1. The van der Waals surface area contributed by atoms with Crippen molar-refractivity contribution >= 4 is 16.9 Å². The molecule has 0 aromatic heterocycles. The van der Waals surface area contributed by atoms with Crippen molar-refractivity contribution in [2.75, 3.05) is 6.54 Å². The first kappa shape index (κ1) is 10.9. The highest BCUT2D eigenvalue weighted by atomic mass is 32.2. The summed E-state index contributed by atoms with van der Waals surface area (Å²) in [5, 5.41) is 5.40. The summed E-state index contributed by atoms with van der Waals surface area (Å²) in [7, 11) is 0. The van der Waals surface area contributed by atoms with Gasteiger partial charge in [-0.25, -0.2) is 0 Å². The van der Waals surface area contributed by atoms with Crippen molar-refractivity contribution in [1.82, 2.24) is 5.32 Å². The summed E-state index contributed by atoms with van der Waals surface area (Å²) in [6, 6.07) is 0.524. The lowest BCUT2D eigenvalue weighted by molar-refractivity contribution is 0.0994. The smallest absolute Gasteiger partial charge is 0.157 e. The molecule has 0 saturated carbocycles. The van der Waals surface area contributed by atoms with Crippen LogP contribution in [0.1, 0.15) is 33.1 Å². The van der Waals surface area contributed by atoms with Gasteiger partial charge in [0.05, 0.1) is 24.8 Å². The second-order valence-electron chi connectivity index (χ2n) is 5.41. The average Bonchev–Trinajstić information content (AvgIpc) is 2.91. The molecule has 2 fully saturated rings. The van der Waals surface area contributed by atoms with Gasteiger partial charge in [0.2, 0.25) is 0 Å². The van der Waals surface area contributed by atoms with E-state index < -0.39 is 0 Å². The number of nitrogens with one attached hydrogen (secondary N) is 1. The molecule has 4 unspecified atom stereocenters. The van der Waals surface area contributed by atoms with Gasteiger partial charge in [-0.1, -0.05) is 25.6 Å². The van der Waals surface area contributed by atoms with Crippen LogP contribution in [-0.4, -0.2) is 35.2 Å². The Morgan fingerprint density at radius 2 is 2.31 bits per heavy atom. The maximum absolute atomic E-state index is 5.84. The molecule has 2 bridgehead atoms. The first-order valence-electron chi connectivity index (χ1n) is 6.35. The highest BCUT2D eigenvalue weighted by molar-refractivity contribution is 8.14. The van der Waals surface area contributed by atoms with Gasteiger partial charge in [0.1, 0.15) is 0 Å². The van der Waals surface area contributed by atoms with Crippen LogP contribution in [-0.2, 0) is 4.74 Å². The van der Waals surface area contributed by atoms with Crippen LogP contribution in [0.2, 0.25) is 0 Å². The molecule has 16 heavy (non-hydrogen) atoms. The van der Waals surface area contributed by atoms with Crippen LogP contribution in [0, 0.1) is 5.92 Å². The Balaban J connectivity index is 1.53. The maximum Gasteiger partial charge on any atom is 0.157 e. The van der Waals surface area contributed by atoms with Crippen LogP contribution in [0.4, 0.5) is 0 Å². The zero-order valence-corrected chi connectivity index (χ0v) is 10.8. The minimum absolute atomic E-state index is 0.450. The molecule has 0 radical (unpaired) electrons. The van der Waals surface area contributed by atoms with Gasteiger partial charge in [-0.05, 0) is 25.2 Å². The Labute approximate surface area is 101 Å². The second kappa shape index (κ2) is 4.22. The quantitative estimate of drug-likeness (QED) is 0.802. The van der Waals surface area contributed by atoms with E-state index in [4.69, 9.17) is 4.74 Å². The summed E-state index contributed by atoms with van der Waals surface area (Å²) in [6.45, 7) is 5.53. The highest BCUT2D eigenvalue weighted by Crippen LogP contribution is 2.35. The van der Waals surface area contributed by atoms with Crippen molar-refractivity contribution in [3.63, 3.8) is 0 Å². The summed E-state index contributed by atoms with van der Waals surface area (Å²) >= 11 is 1.92. The molecule has 3 nitrogen and oxygen atoms in total. The molecule has 4 heteroatoms.